The molecule has 4 rings (SSSR count). The second-order valence-electron chi connectivity index (χ2n) is 8.10. The first-order valence-electron chi connectivity index (χ1n) is 9.83. The van der Waals surface area contributed by atoms with E-state index in [4.69, 9.17) is 0 Å². The third-order valence-corrected chi connectivity index (χ3v) is 6.36. The number of hydrogen-bond donors (Lipinski definition) is 2. The second kappa shape index (κ2) is 8.12. The van der Waals surface area contributed by atoms with E-state index in [2.05, 4.69) is 9.71 Å². The summed E-state index contributed by atoms with van der Waals surface area (Å²) < 4.78 is 66.2. The average Bonchev–Trinajstić information content (AvgIpc) is 3.02. The van der Waals surface area contributed by atoms with Crippen LogP contribution in [0.5, 0.6) is 0 Å². The van der Waals surface area contributed by atoms with Crippen LogP contribution in [0.25, 0.3) is 22.2 Å². The van der Waals surface area contributed by atoms with Gasteiger partial charge in [0.2, 0.25) is 10.0 Å². The molecule has 0 unspecified atom stereocenters. The molecule has 31 heavy (non-hydrogen) atoms. The van der Waals surface area contributed by atoms with Crippen LogP contribution in [0.1, 0.15) is 30.7 Å². The standard InChI is InChI=1S/C22H21F3N2O3S/c1-31(29,30)26-11-17(28)8-12-6-14(7-12)20-18-9-16(24)10-19(25)22(18)27-21(20)13-2-4-15(23)5-3-13/h2-5,9-10,12,14,26-27H,6-8,11H2,1H3/t12-,14-. The lowest BCUT2D eigenvalue weighted by Gasteiger charge is -2.36. The number of benzene rings is 2. The highest BCUT2D eigenvalue weighted by molar-refractivity contribution is 7.88. The Morgan fingerprint density at radius 1 is 1.10 bits per heavy atom. The number of aromatic amines is 1. The van der Waals surface area contributed by atoms with Crippen molar-refractivity contribution in [3.05, 3.63) is 59.4 Å². The monoisotopic (exact) mass is 450 g/mol. The molecule has 0 radical (unpaired) electrons. The molecule has 1 aliphatic carbocycles. The number of rotatable bonds is 7. The predicted octanol–water partition coefficient (Wildman–Crippen LogP) is 4.25. The molecule has 3 aromatic rings. The van der Waals surface area contributed by atoms with Crippen LogP contribution in [-0.4, -0.2) is 32.0 Å². The van der Waals surface area contributed by atoms with Crippen LogP contribution in [0.4, 0.5) is 13.2 Å². The molecule has 2 aromatic carbocycles. The highest BCUT2D eigenvalue weighted by atomic mass is 32.2. The minimum absolute atomic E-state index is 0.0318. The molecule has 1 fully saturated rings. The maximum atomic E-state index is 14.4. The van der Waals surface area contributed by atoms with Gasteiger partial charge >= 0.3 is 0 Å². The van der Waals surface area contributed by atoms with E-state index in [1.54, 1.807) is 12.1 Å². The van der Waals surface area contributed by atoms with Gasteiger partial charge in [-0.25, -0.2) is 26.3 Å². The van der Waals surface area contributed by atoms with Gasteiger partial charge in [-0.2, -0.15) is 0 Å². The van der Waals surface area contributed by atoms with Gasteiger partial charge in [-0.05, 0) is 66.1 Å². The number of hydrogen-bond acceptors (Lipinski definition) is 3. The Morgan fingerprint density at radius 2 is 1.77 bits per heavy atom. The molecule has 0 atom stereocenters. The van der Waals surface area contributed by atoms with Crippen LogP contribution in [-0.2, 0) is 14.8 Å². The minimum Gasteiger partial charge on any atom is -0.352 e. The highest BCUT2D eigenvalue weighted by Crippen LogP contribution is 2.49. The molecule has 0 amide bonds. The highest BCUT2D eigenvalue weighted by Gasteiger charge is 2.35. The zero-order valence-electron chi connectivity index (χ0n) is 16.7. The smallest absolute Gasteiger partial charge is 0.209 e. The Hall–Kier alpha value is -2.65. The van der Waals surface area contributed by atoms with Crippen molar-refractivity contribution >= 4 is 26.7 Å². The number of H-pyrrole nitrogens is 1. The molecule has 164 valence electrons. The molecular weight excluding hydrogens is 429 g/mol. The number of nitrogens with one attached hydrogen (secondary N) is 2. The Balaban J connectivity index is 1.59. The van der Waals surface area contributed by atoms with Crippen LogP contribution in [0, 0.1) is 23.4 Å². The number of aromatic nitrogens is 1. The molecule has 0 spiro atoms. The summed E-state index contributed by atoms with van der Waals surface area (Å²) in [6.07, 6.45) is 2.48. The summed E-state index contributed by atoms with van der Waals surface area (Å²) in [7, 11) is -3.43. The van der Waals surface area contributed by atoms with E-state index in [0.29, 0.717) is 29.5 Å². The van der Waals surface area contributed by atoms with Crippen molar-refractivity contribution in [1.29, 1.82) is 0 Å². The van der Waals surface area contributed by atoms with E-state index in [1.807, 2.05) is 0 Å². The number of sulfonamides is 1. The minimum atomic E-state index is -3.43. The second-order valence-corrected chi connectivity index (χ2v) is 9.93. The van der Waals surface area contributed by atoms with Crippen molar-refractivity contribution < 1.29 is 26.4 Å². The summed E-state index contributed by atoms with van der Waals surface area (Å²) >= 11 is 0. The lowest BCUT2D eigenvalue weighted by atomic mass is 9.68. The van der Waals surface area contributed by atoms with Gasteiger partial charge in [0, 0.05) is 17.9 Å². The predicted molar refractivity (Wildman–Crippen MR) is 112 cm³/mol. The van der Waals surface area contributed by atoms with Crippen LogP contribution >= 0.6 is 0 Å². The summed E-state index contributed by atoms with van der Waals surface area (Å²) in [5.41, 5.74) is 2.20. The third kappa shape index (κ3) is 4.67. The molecule has 1 saturated carbocycles. The van der Waals surface area contributed by atoms with Crippen molar-refractivity contribution in [2.45, 2.75) is 25.2 Å². The lowest BCUT2D eigenvalue weighted by molar-refractivity contribution is -0.119. The number of Topliss-reactive ketones (excluding diaryl/α,β-unsaturated/α-hetero) is 1. The maximum absolute atomic E-state index is 14.4. The fraction of sp³-hybridized carbons (Fsp3) is 0.318. The Morgan fingerprint density at radius 3 is 2.42 bits per heavy atom. The molecule has 0 saturated heterocycles. The number of fused-ring (bicyclic) bond motifs is 1. The lowest BCUT2D eigenvalue weighted by Crippen LogP contribution is -2.32. The van der Waals surface area contributed by atoms with Gasteiger partial charge in [-0.1, -0.05) is 0 Å². The van der Waals surface area contributed by atoms with Gasteiger partial charge in [0.25, 0.3) is 0 Å². The third-order valence-electron chi connectivity index (χ3n) is 5.69. The van der Waals surface area contributed by atoms with Gasteiger partial charge in [-0.15, -0.1) is 0 Å². The molecule has 0 bridgehead atoms. The number of carbonyl (C=O) groups excluding carboxylic acids is 1. The topological polar surface area (TPSA) is 79.0 Å². The van der Waals surface area contributed by atoms with Crippen molar-refractivity contribution in [3.8, 4) is 11.3 Å². The van der Waals surface area contributed by atoms with Gasteiger partial charge in [0.05, 0.1) is 24.0 Å². The van der Waals surface area contributed by atoms with E-state index in [0.717, 1.165) is 17.9 Å². The van der Waals surface area contributed by atoms with Gasteiger partial charge < -0.3 is 4.98 Å². The average molecular weight is 450 g/mol. The largest absolute Gasteiger partial charge is 0.352 e. The summed E-state index contributed by atoms with van der Waals surface area (Å²) in [6.45, 7) is -0.246. The van der Waals surface area contributed by atoms with E-state index in [9.17, 15) is 26.4 Å². The van der Waals surface area contributed by atoms with Crippen molar-refractivity contribution in [2.24, 2.45) is 5.92 Å². The summed E-state index contributed by atoms with van der Waals surface area (Å²) in [6, 6.07) is 7.86. The summed E-state index contributed by atoms with van der Waals surface area (Å²) in [5.74, 6) is -1.97. The van der Waals surface area contributed by atoms with Crippen molar-refractivity contribution in [2.75, 3.05) is 12.8 Å². The maximum Gasteiger partial charge on any atom is 0.209 e. The first-order chi connectivity index (χ1) is 14.6. The molecular formula is C22H21F3N2O3S. The molecule has 9 heteroatoms. The van der Waals surface area contributed by atoms with Crippen LogP contribution in [0.3, 0.4) is 0 Å². The first-order valence-corrected chi connectivity index (χ1v) is 11.7. The fourth-order valence-electron chi connectivity index (χ4n) is 4.25. The van der Waals surface area contributed by atoms with E-state index < -0.39 is 27.5 Å². The molecule has 1 heterocycles. The number of ketones is 1. The van der Waals surface area contributed by atoms with Gasteiger partial charge in [0.1, 0.15) is 23.2 Å². The van der Waals surface area contributed by atoms with Crippen LogP contribution in [0.2, 0.25) is 0 Å². The molecule has 0 aliphatic heterocycles. The molecule has 2 N–H and O–H groups in total. The van der Waals surface area contributed by atoms with Crippen molar-refractivity contribution in [1.82, 2.24) is 9.71 Å². The summed E-state index contributed by atoms with van der Waals surface area (Å²) in [4.78, 5) is 15.1. The Labute approximate surface area is 177 Å². The molecule has 1 aliphatic rings. The first kappa shape index (κ1) is 21.6. The zero-order valence-corrected chi connectivity index (χ0v) is 17.5. The van der Waals surface area contributed by atoms with E-state index in [-0.39, 0.29) is 36.1 Å². The van der Waals surface area contributed by atoms with Crippen molar-refractivity contribution in [3.63, 3.8) is 0 Å². The van der Waals surface area contributed by atoms with E-state index >= 15 is 0 Å². The zero-order chi connectivity index (χ0) is 22.3. The van der Waals surface area contributed by atoms with Crippen LogP contribution in [0.15, 0.2) is 36.4 Å². The quantitative estimate of drug-likeness (QED) is 0.565. The van der Waals surface area contributed by atoms with Gasteiger partial charge in [0.15, 0.2) is 0 Å². The molecule has 1 aromatic heterocycles. The van der Waals surface area contributed by atoms with Crippen LogP contribution < -0.4 is 4.72 Å². The normalized spacial score (nSPS) is 18.8. The number of halogens is 3. The Kier molecular flexibility index (Phi) is 5.65. The summed E-state index contributed by atoms with van der Waals surface area (Å²) in [5, 5.41) is 0.436. The SMILES string of the molecule is CS(=O)(=O)NCC(=O)C[C@H]1C[C@H](c2c(-c3ccc(F)cc3)[nH]c3c(F)cc(F)cc32)C1. The molecule has 5 nitrogen and oxygen atoms in total. The Bertz CT molecular complexity index is 1250. The fourth-order valence-corrected chi connectivity index (χ4v) is 4.68. The van der Waals surface area contributed by atoms with Gasteiger partial charge in [-0.3, -0.25) is 4.79 Å². The van der Waals surface area contributed by atoms with E-state index in [1.165, 1.54) is 18.2 Å². The number of carbonyl (C=O) groups is 1.